The van der Waals surface area contributed by atoms with E-state index in [4.69, 9.17) is 10.7 Å². The van der Waals surface area contributed by atoms with Crippen molar-refractivity contribution in [1.82, 2.24) is 14.9 Å². The minimum Gasteiger partial charge on any atom is -0.368 e. The zero-order valence-corrected chi connectivity index (χ0v) is 15.4. The van der Waals surface area contributed by atoms with Gasteiger partial charge in [-0.15, -0.1) is 0 Å². The highest BCUT2D eigenvalue weighted by Crippen LogP contribution is 2.25. The average Bonchev–Trinajstić information content (AvgIpc) is 2.69. The number of primary amides is 1. The monoisotopic (exact) mass is 361 g/mol. The maximum absolute atomic E-state index is 12.1. The number of benzene rings is 2. The summed E-state index contributed by atoms with van der Waals surface area (Å²) in [6.45, 7) is 5.05. The number of para-hydroxylation sites is 2. The molecule has 1 aromatic heterocycles. The number of anilines is 1. The van der Waals surface area contributed by atoms with Crippen molar-refractivity contribution in [2.24, 2.45) is 5.73 Å². The second kappa shape index (κ2) is 7.32. The maximum atomic E-state index is 12.1. The molecule has 1 fully saturated rings. The van der Waals surface area contributed by atoms with E-state index in [1.807, 2.05) is 61.5 Å². The molecule has 2 aromatic carbocycles. The van der Waals surface area contributed by atoms with Gasteiger partial charge in [-0.25, -0.2) is 9.97 Å². The van der Waals surface area contributed by atoms with E-state index in [-0.39, 0.29) is 5.91 Å². The Morgan fingerprint density at radius 2 is 1.52 bits per heavy atom. The van der Waals surface area contributed by atoms with Gasteiger partial charge < -0.3 is 10.6 Å². The fourth-order valence-corrected chi connectivity index (χ4v) is 3.76. The van der Waals surface area contributed by atoms with Crippen molar-refractivity contribution in [2.75, 3.05) is 31.1 Å². The van der Waals surface area contributed by atoms with Gasteiger partial charge in [0.2, 0.25) is 5.91 Å². The molecule has 2 heterocycles. The minimum atomic E-state index is -0.392. The predicted molar refractivity (Wildman–Crippen MR) is 106 cm³/mol. The largest absolute Gasteiger partial charge is 0.368 e. The van der Waals surface area contributed by atoms with Crippen LogP contribution in [-0.4, -0.2) is 47.0 Å². The van der Waals surface area contributed by atoms with Crippen molar-refractivity contribution in [1.29, 1.82) is 0 Å². The third-order valence-electron chi connectivity index (χ3n) is 5.08. The summed E-state index contributed by atoms with van der Waals surface area (Å²) in [5.74, 6) is 0.611. The Morgan fingerprint density at radius 3 is 2.15 bits per heavy atom. The van der Waals surface area contributed by atoms with Gasteiger partial charge in [0.15, 0.2) is 5.82 Å². The van der Waals surface area contributed by atoms with Gasteiger partial charge in [-0.2, -0.15) is 0 Å². The number of fused-ring (bicyclic) bond motifs is 1. The molecule has 1 atom stereocenters. The Bertz CT molecular complexity index is 951. The van der Waals surface area contributed by atoms with Crippen molar-refractivity contribution < 1.29 is 4.79 Å². The fourth-order valence-electron chi connectivity index (χ4n) is 3.76. The molecule has 138 valence electrons. The van der Waals surface area contributed by atoms with Gasteiger partial charge in [-0.05, 0) is 24.6 Å². The Hall–Kier alpha value is -2.99. The minimum absolute atomic E-state index is 0.309. The zero-order valence-electron chi connectivity index (χ0n) is 15.4. The smallest absolute Gasteiger partial charge is 0.239 e. The number of carbonyl (C=O) groups excluding carboxylic acids is 1. The van der Waals surface area contributed by atoms with Crippen LogP contribution < -0.4 is 10.6 Å². The first kappa shape index (κ1) is 17.4. The fraction of sp³-hybridized carbons (Fsp3) is 0.286. The number of amides is 1. The molecule has 6 heteroatoms. The van der Waals surface area contributed by atoms with Crippen LogP contribution in [0.5, 0.6) is 0 Å². The zero-order chi connectivity index (χ0) is 18.8. The third-order valence-corrected chi connectivity index (χ3v) is 5.08. The van der Waals surface area contributed by atoms with E-state index in [9.17, 15) is 4.79 Å². The number of nitrogens with two attached hydrogens (primary N) is 1. The van der Waals surface area contributed by atoms with E-state index >= 15 is 0 Å². The van der Waals surface area contributed by atoms with Crippen LogP contribution in [0.4, 0.5) is 5.82 Å². The Labute approximate surface area is 158 Å². The molecule has 4 rings (SSSR count). The van der Waals surface area contributed by atoms with Crippen LogP contribution in [-0.2, 0) is 4.79 Å². The van der Waals surface area contributed by atoms with Crippen molar-refractivity contribution in [3.63, 3.8) is 0 Å². The number of piperazine rings is 1. The number of aryl methyl sites for hydroxylation is 1. The van der Waals surface area contributed by atoms with E-state index in [2.05, 4.69) is 14.8 Å². The van der Waals surface area contributed by atoms with E-state index in [1.165, 1.54) is 0 Å². The van der Waals surface area contributed by atoms with E-state index in [1.54, 1.807) is 0 Å². The summed E-state index contributed by atoms with van der Waals surface area (Å²) >= 11 is 0. The van der Waals surface area contributed by atoms with Crippen LogP contribution in [0.2, 0.25) is 0 Å². The molecule has 6 nitrogen and oxygen atoms in total. The van der Waals surface area contributed by atoms with Crippen LogP contribution in [0.15, 0.2) is 54.6 Å². The topological polar surface area (TPSA) is 75.3 Å². The molecule has 0 saturated carbocycles. The highest BCUT2D eigenvalue weighted by molar-refractivity contribution is 5.81. The van der Waals surface area contributed by atoms with Crippen molar-refractivity contribution in [3.05, 3.63) is 65.9 Å². The van der Waals surface area contributed by atoms with Crippen molar-refractivity contribution in [2.45, 2.75) is 13.0 Å². The quantitative estimate of drug-likeness (QED) is 0.772. The number of rotatable bonds is 4. The number of aromatic nitrogens is 2. The molecule has 0 unspecified atom stereocenters. The summed E-state index contributed by atoms with van der Waals surface area (Å²) in [7, 11) is 0. The molecule has 2 N–H and O–H groups in total. The predicted octanol–water partition coefficient (Wildman–Crippen LogP) is 2.29. The first-order valence-corrected chi connectivity index (χ1v) is 9.20. The summed E-state index contributed by atoms with van der Waals surface area (Å²) in [5.41, 5.74) is 9.40. The van der Waals surface area contributed by atoms with Crippen LogP contribution >= 0.6 is 0 Å². The highest BCUT2D eigenvalue weighted by atomic mass is 16.1. The first-order chi connectivity index (χ1) is 13.1. The maximum Gasteiger partial charge on any atom is 0.239 e. The van der Waals surface area contributed by atoms with Gasteiger partial charge in [0.05, 0.1) is 16.7 Å². The lowest BCUT2D eigenvalue weighted by molar-refractivity contribution is -0.123. The first-order valence-electron chi connectivity index (χ1n) is 9.20. The number of carbonyl (C=O) groups is 1. The normalized spacial score (nSPS) is 16.4. The van der Waals surface area contributed by atoms with E-state index in [0.29, 0.717) is 0 Å². The van der Waals surface area contributed by atoms with Crippen molar-refractivity contribution >= 4 is 22.8 Å². The number of hydrogen-bond acceptors (Lipinski definition) is 5. The number of hydrogen-bond donors (Lipinski definition) is 1. The molecule has 3 aromatic rings. The van der Waals surface area contributed by atoms with Gasteiger partial charge in [0.1, 0.15) is 6.04 Å². The lowest BCUT2D eigenvalue weighted by Crippen LogP contribution is -2.50. The molecular weight excluding hydrogens is 338 g/mol. The van der Waals surface area contributed by atoms with Crippen LogP contribution in [0.3, 0.4) is 0 Å². The second-order valence-electron chi connectivity index (χ2n) is 6.86. The Morgan fingerprint density at radius 1 is 0.926 bits per heavy atom. The lowest BCUT2D eigenvalue weighted by Gasteiger charge is -2.39. The molecule has 0 bridgehead atoms. The van der Waals surface area contributed by atoms with Gasteiger partial charge >= 0.3 is 0 Å². The second-order valence-corrected chi connectivity index (χ2v) is 6.86. The van der Waals surface area contributed by atoms with Crippen LogP contribution in [0, 0.1) is 6.92 Å². The Balaban J connectivity index is 1.53. The molecule has 0 radical (unpaired) electrons. The highest BCUT2D eigenvalue weighted by Gasteiger charge is 2.29. The summed E-state index contributed by atoms with van der Waals surface area (Å²) in [4.78, 5) is 26.0. The molecular formula is C21H23N5O. The average molecular weight is 361 g/mol. The molecule has 0 spiro atoms. The lowest BCUT2D eigenvalue weighted by atomic mass is 10.0. The molecule has 0 aliphatic carbocycles. The summed E-state index contributed by atoms with van der Waals surface area (Å²) in [6, 6.07) is 17.3. The number of nitrogens with zero attached hydrogens (tertiary/aromatic N) is 4. The van der Waals surface area contributed by atoms with Gasteiger partial charge in [0.25, 0.3) is 0 Å². The Kier molecular flexibility index (Phi) is 4.73. The molecule has 1 saturated heterocycles. The van der Waals surface area contributed by atoms with E-state index < -0.39 is 6.04 Å². The summed E-state index contributed by atoms with van der Waals surface area (Å²) < 4.78 is 0. The van der Waals surface area contributed by atoms with Crippen LogP contribution in [0.1, 0.15) is 17.3 Å². The van der Waals surface area contributed by atoms with Gasteiger partial charge in [-0.1, -0.05) is 42.5 Å². The van der Waals surface area contributed by atoms with Gasteiger partial charge in [-0.3, -0.25) is 9.69 Å². The molecule has 1 amide bonds. The van der Waals surface area contributed by atoms with Crippen molar-refractivity contribution in [3.8, 4) is 0 Å². The molecule has 27 heavy (non-hydrogen) atoms. The molecule has 1 aliphatic heterocycles. The summed E-state index contributed by atoms with van der Waals surface area (Å²) in [5, 5.41) is 0. The van der Waals surface area contributed by atoms with Crippen LogP contribution in [0.25, 0.3) is 11.0 Å². The van der Waals surface area contributed by atoms with Gasteiger partial charge in [0, 0.05) is 26.2 Å². The summed E-state index contributed by atoms with van der Waals surface area (Å²) in [6.07, 6.45) is 0. The third kappa shape index (κ3) is 3.48. The van der Waals surface area contributed by atoms with E-state index in [0.717, 1.165) is 54.3 Å². The molecule has 1 aliphatic rings. The SMILES string of the molecule is Cc1nc2ccccc2nc1N1CCN([C@H](C(N)=O)c2ccccc2)CC1. The standard InChI is InChI=1S/C21H23N5O/c1-15-21(24-18-10-6-5-9-17(18)23-15)26-13-11-25(12-14-26)19(20(22)27)16-7-3-2-4-8-16/h2-10,19H,11-14H2,1H3,(H2,22,27)/t19-/m0/s1.